The smallest absolute Gasteiger partial charge is 0.209 e. The van der Waals surface area contributed by atoms with E-state index in [0.29, 0.717) is 22.6 Å². The number of imidazole rings is 1. The second kappa shape index (κ2) is 7.21. The average Bonchev–Trinajstić information content (AvgIpc) is 2.97. The molecule has 3 N–H and O–H groups in total. The number of nitrogens with two attached hydrogens (primary N) is 1. The fourth-order valence-corrected chi connectivity index (χ4v) is 3.14. The second-order valence-corrected chi connectivity index (χ2v) is 7.49. The molecule has 7 heteroatoms. The van der Waals surface area contributed by atoms with Crippen LogP contribution in [0.15, 0.2) is 24.3 Å². The first-order valence-corrected chi connectivity index (χ1v) is 9.15. The number of rotatable bonds is 3. The van der Waals surface area contributed by atoms with Crippen molar-refractivity contribution in [3.8, 4) is 23.2 Å². The number of anilines is 1. The van der Waals surface area contributed by atoms with Crippen LogP contribution in [0.4, 0.5) is 10.2 Å². The molecule has 0 spiro atoms. The maximum Gasteiger partial charge on any atom is 0.209 e. The van der Waals surface area contributed by atoms with Crippen LogP contribution in [0.25, 0.3) is 22.6 Å². The van der Waals surface area contributed by atoms with Crippen molar-refractivity contribution in [1.82, 2.24) is 19.5 Å². The Labute approximate surface area is 163 Å². The third-order valence-corrected chi connectivity index (χ3v) is 4.96. The van der Waals surface area contributed by atoms with E-state index < -0.39 is 5.60 Å². The number of nitrogen functional groups attached to an aromatic ring is 1. The van der Waals surface area contributed by atoms with Gasteiger partial charge >= 0.3 is 0 Å². The fraction of sp³-hybridized carbons (Fsp3) is 0.381. The molecule has 0 aliphatic carbocycles. The number of aryl methyl sites for hydroxylation is 1. The van der Waals surface area contributed by atoms with E-state index in [4.69, 9.17) is 5.73 Å². The van der Waals surface area contributed by atoms with Gasteiger partial charge in [0.25, 0.3) is 0 Å². The molecule has 146 valence electrons. The summed E-state index contributed by atoms with van der Waals surface area (Å²) in [5.41, 5.74) is 6.45. The number of aromatic nitrogens is 4. The molecule has 0 fully saturated rings. The maximum absolute atomic E-state index is 13.6. The Bertz CT molecular complexity index is 1080. The molecule has 28 heavy (non-hydrogen) atoms. The standard InChI is InChI=1S/C21H24FN5O/c1-12(2)21(28,13(3)4)10-9-16-24-18(23)17-20(25-16)27(5)19(26-17)14-7-6-8-15(22)11-14/h6-8,11-13,28H,1-5H3,(H2,23,24,25). The molecule has 6 nitrogen and oxygen atoms in total. The number of benzene rings is 1. The van der Waals surface area contributed by atoms with Crippen molar-refractivity contribution in [2.75, 3.05) is 5.73 Å². The van der Waals surface area contributed by atoms with Crippen LogP contribution in [0, 0.1) is 29.5 Å². The van der Waals surface area contributed by atoms with Crippen molar-refractivity contribution in [1.29, 1.82) is 0 Å². The van der Waals surface area contributed by atoms with Crippen LogP contribution in [-0.4, -0.2) is 30.2 Å². The molecule has 0 amide bonds. The molecule has 3 rings (SSSR count). The lowest BCUT2D eigenvalue weighted by atomic mass is 9.81. The highest BCUT2D eigenvalue weighted by Gasteiger charge is 2.32. The van der Waals surface area contributed by atoms with E-state index in [9.17, 15) is 9.50 Å². The summed E-state index contributed by atoms with van der Waals surface area (Å²) in [6.07, 6.45) is 0. The summed E-state index contributed by atoms with van der Waals surface area (Å²) in [5, 5.41) is 10.8. The zero-order valence-electron chi connectivity index (χ0n) is 16.7. The highest BCUT2D eigenvalue weighted by Crippen LogP contribution is 2.27. The minimum Gasteiger partial charge on any atom is -0.382 e. The molecule has 2 aromatic heterocycles. The zero-order valence-corrected chi connectivity index (χ0v) is 16.7. The lowest BCUT2D eigenvalue weighted by Crippen LogP contribution is -2.39. The van der Waals surface area contributed by atoms with Crippen molar-refractivity contribution in [3.05, 3.63) is 35.9 Å². The Morgan fingerprint density at radius 3 is 2.43 bits per heavy atom. The van der Waals surface area contributed by atoms with Gasteiger partial charge in [-0.25, -0.2) is 19.3 Å². The molecule has 0 aliphatic rings. The van der Waals surface area contributed by atoms with E-state index in [1.54, 1.807) is 23.7 Å². The van der Waals surface area contributed by atoms with E-state index in [0.717, 1.165) is 0 Å². The SMILES string of the molecule is CC(C)C(O)(C#Cc1nc(N)c2nc(-c3cccc(F)c3)n(C)c2n1)C(C)C. The van der Waals surface area contributed by atoms with Gasteiger partial charge in [0.05, 0.1) is 0 Å². The highest BCUT2D eigenvalue weighted by atomic mass is 19.1. The van der Waals surface area contributed by atoms with Gasteiger partial charge in [-0.1, -0.05) is 45.7 Å². The second-order valence-electron chi connectivity index (χ2n) is 7.49. The number of halogens is 1. The third kappa shape index (κ3) is 3.43. The zero-order chi connectivity index (χ0) is 20.6. The van der Waals surface area contributed by atoms with Gasteiger partial charge in [0.2, 0.25) is 5.82 Å². The molecule has 0 aliphatic heterocycles. The topological polar surface area (TPSA) is 89.9 Å². The van der Waals surface area contributed by atoms with Gasteiger partial charge in [-0.15, -0.1) is 0 Å². The average molecular weight is 381 g/mol. The van der Waals surface area contributed by atoms with Crippen molar-refractivity contribution >= 4 is 17.0 Å². The molecule has 0 radical (unpaired) electrons. The summed E-state index contributed by atoms with van der Waals surface area (Å²) < 4.78 is 15.3. The fourth-order valence-electron chi connectivity index (χ4n) is 3.14. The van der Waals surface area contributed by atoms with Crippen LogP contribution in [-0.2, 0) is 7.05 Å². The van der Waals surface area contributed by atoms with E-state index in [-0.39, 0.29) is 29.3 Å². The quantitative estimate of drug-likeness (QED) is 0.680. The van der Waals surface area contributed by atoms with Crippen LogP contribution in [0.1, 0.15) is 33.5 Å². The van der Waals surface area contributed by atoms with Crippen LogP contribution in [0.2, 0.25) is 0 Å². The molecule has 0 unspecified atom stereocenters. The minimum absolute atomic E-state index is 0.0580. The summed E-state index contributed by atoms with van der Waals surface area (Å²) in [4.78, 5) is 13.2. The van der Waals surface area contributed by atoms with E-state index in [2.05, 4.69) is 26.8 Å². The minimum atomic E-state index is -1.16. The lowest BCUT2D eigenvalue weighted by Gasteiger charge is -2.30. The molecular weight excluding hydrogens is 357 g/mol. The van der Waals surface area contributed by atoms with Gasteiger partial charge in [0.1, 0.15) is 17.2 Å². The van der Waals surface area contributed by atoms with Crippen molar-refractivity contribution < 1.29 is 9.50 Å². The van der Waals surface area contributed by atoms with Crippen LogP contribution < -0.4 is 5.73 Å². The number of aliphatic hydroxyl groups is 1. The van der Waals surface area contributed by atoms with E-state index in [1.807, 2.05) is 27.7 Å². The molecule has 0 bridgehead atoms. The summed E-state index contributed by atoms with van der Waals surface area (Å²) in [5.74, 6) is 6.23. The van der Waals surface area contributed by atoms with E-state index in [1.165, 1.54) is 12.1 Å². The summed E-state index contributed by atoms with van der Waals surface area (Å²) in [7, 11) is 1.78. The molecule has 3 aromatic rings. The molecule has 1 aromatic carbocycles. The molecule has 0 saturated carbocycles. The van der Waals surface area contributed by atoms with Crippen molar-refractivity contribution in [2.24, 2.45) is 18.9 Å². The predicted octanol–water partition coefficient (Wildman–Crippen LogP) is 3.15. The van der Waals surface area contributed by atoms with Gasteiger partial charge in [0, 0.05) is 12.6 Å². The summed E-state index contributed by atoms with van der Waals surface area (Å²) in [6.45, 7) is 7.66. The van der Waals surface area contributed by atoms with Gasteiger partial charge in [-0.2, -0.15) is 0 Å². The Balaban J connectivity index is 2.12. The number of nitrogens with zero attached hydrogens (tertiary/aromatic N) is 4. The number of hydrogen-bond acceptors (Lipinski definition) is 5. The summed E-state index contributed by atoms with van der Waals surface area (Å²) in [6, 6.07) is 6.16. The van der Waals surface area contributed by atoms with Gasteiger partial charge in [0.15, 0.2) is 17.0 Å². The van der Waals surface area contributed by atoms with Crippen molar-refractivity contribution in [3.63, 3.8) is 0 Å². The van der Waals surface area contributed by atoms with Gasteiger partial charge < -0.3 is 15.4 Å². The Hall–Kier alpha value is -2.98. The highest BCUT2D eigenvalue weighted by molar-refractivity contribution is 5.85. The maximum atomic E-state index is 13.6. The van der Waals surface area contributed by atoms with Gasteiger partial charge in [-0.3, -0.25) is 0 Å². The number of hydrogen-bond donors (Lipinski definition) is 2. The first-order chi connectivity index (χ1) is 13.1. The normalized spacial score (nSPS) is 11.9. The number of fused-ring (bicyclic) bond motifs is 1. The van der Waals surface area contributed by atoms with Crippen LogP contribution >= 0.6 is 0 Å². The van der Waals surface area contributed by atoms with Crippen LogP contribution in [0.3, 0.4) is 0 Å². The first-order valence-electron chi connectivity index (χ1n) is 9.15. The lowest BCUT2D eigenvalue weighted by molar-refractivity contribution is 0.00930. The molecule has 0 saturated heterocycles. The first kappa shape index (κ1) is 19.8. The van der Waals surface area contributed by atoms with Crippen molar-refractivity contribution in [2.45, 2.75) is 33.3 Å². The molecular formula is C21H24FN5O. The third-order valence-electron chi connectivity index (χ3n) is 4.96. The van der Waals surface area contributed by atoms with E-state index >= 15 is 0 Å². The largest absolute Gasteiger partial charge is 0.382 e. The Kier molecular flexibility index (Phi) is 5.09. The molecule has 2 heterocycles. The Morgan fingerprint density at radius 1 is 1.14 bits per heavy atom. The monoisotopic (exact) mass is 381 g/mol. The van der Waals surface area contributed by atoms with Gasteiger partial charge in [-0.05, 0) is 29.9 Å². The predicted molar refractivity (Wildman–Crippen MR) is 108 cm³/mol. The Morgan fingerprint density at radius 2 is 1.82 bits per heavy atom. The summed E-state index contributed by atoms with van der Waals surface area (Å²) >= 11 is 0. The molecule has 0 atom stereocenters. The van der Waals surface area contributed by atoms with Crippen LogP contribution in [0.5, 0.6) is 0 Å².